The van der Waals surface area contributed by atoms with Gasteiger partial charge in [0.1, 0.15) is 0 Å². The van der Waals surface area contributed by atoms with Gasteiger partial charge in [0.15, 0.2) is 6.29 Å². The average Bonchev–Trinajstić information content (AvgIpc) is 2.47. The zero-order chi connectivity index (χ0) is 9.42. The highest BCUT2D eigenvalue weighted by atomic mass is 32.1. The van der Waals surface area contributed by atoms with E-state index >= 15 is 0 Å². The molecule has 66 valence electrons. The maximum absolute atomic E-state index is 10.7. The number of fused-ring (bicyclic) bond motifs is 1. The van der Waals surface area contributed by atoms with Gasteiger partial charge in [-0.2, -0.15) is 0 Å². The number of hydrogen-bond donors (Lipinski definition) is 1. The minimum atomic E-state index is 0.763. The molecule has 0 saturated carbocycles. The lowest BCUT2D eigenvalue weighted by atomic mass is 10.1. The van der Waals surface area contributed by atoms with Crippen molar-refractivity contribution in [3.05, 3.63) is 28.6 Å². The zero-order valence-electron chi connectivity index (χ0n) is 7.07. The van der Waals surface area contributed by atoms with Crippen LogP contribution in [0.15, 0.2) is 22.4 Å². The van der Waals surface area contributed by atoms with Crippen LogP contribution in [-0.2, 0) is 0 Å². The Hall–Kier alpha value is -0.800. The van der Waals surface area contributed by atoms with E-state index in [1.165, 1.54) is 0 Å². The number of hydrogen-bond acceptors (Lipinski definition) is 3. The standard InChI is InChI=1S/C10H8OS2/c1-6-2-8-7(4-11)5-13-10(8)9(12)3-6/h2-5,12H,1H3. The van der Waals surface area contributed by atoms with Gasteiger partial charge in [-0.3, -0.25) is 4.79 Å². The molecule has 0 radical (unpaired) electrons. The molecule has 3 heteroatoms. The van der Waals surface area contributed by atoms with Gasteiger partial charge in [0.25, 0.3) is 0 Å². The normalized spacial score (nSPS) is 10.6. The second-order valence-corrected chi connectivity index (χ2v) is 4.33. The Morgan fingerprint density at radius 1 is 1.46 bits per heavy atom. The van der Waals surface area contributed by atoms with E-state index in [2.05, 4.69) is 12.6 Å². The van der Waals surface area contributed by atoms with Crippen molar-refractivity contribution in [3.63, 3.8) is 0 Å². The second-order valence-electron chi connectivity index (χ2n) is 2.97. The number of carbonyl (C=O) groups excluding carboxylic acids is 1. The monoisotopic (exact) mass is 208 g/mol. The van der Waals surface area contributed by atoms with Crippen molar-refractivity contribution in [2.45, 2.75) is 11.8 Å². The molecule has 0 aliphatic rings. The Morgan fingerprint density at radius 2 is 2.23 bits per heavy atom. The lowest BCUT2D eigenvalue weighted by Crippen LogP contribution is -1.78. The van der Waals surface area contributed by atoms with Crippen molar-refractivity contribution in [2.24, 2.45) is 0 Å². The summed E-state index contributed by atoms with van der Waals surface area (Å²) in [5.41, 5.74) is 1.90. The van der Waals surface area contributed by atoms with Crippen molar-refractivity contribution < 1.29 is 4.79 Å². The van der Waals surface area contributed by atoms with E-state index in [-0.39, 0.29) is 0 Å². The van der Waals surface area contributed by atoms with Crippen molar-refractivity contribution in [1.82, 2.24) is 0 Å². The fraction of sp³-hybridized carbons (Fsp3) is 0.100. The molecule has 0 bridgehead atoms. The van der Waals surface area contributed by atoms with Crippen LogP contribution in [0, 0.1) is 6.92 Å². The van der Waals surface area contributed by atoms with E-state index in [1.807, 2.05) is 24.4 Å². The summed E-state index contributed by atoms with van der Waals surface area (Å²) in [7, 11) is 0. The van der Waals surface area contributed by atoms with E-state index in [1.54, 1.807) is 11.3 Å². The number of rotatable bonds is 1. The van der Waals surface area contributed by atoms with Crippen LogP contribution in [0.1, 0.15) is 15.9 Å². The maximum Gasteiger partial charge on any atom is 0.151 e. The zero-order valence-corrected chi connectivity index (χ0v) is 8.78. The molecule has 2 rings (SSSR count). The first kappa shape index (κ1) is 8.78. The average molecular weight is 208 g/mol. The molecule has 0 spiro atoms. The van der Waals surface area contributed by atoms with Crippen LogP contribution in [0.5, 0.6) is 0 Å². The van der Waals surface area contributed by atoms with Gasteiger partial charge in [-0.15, -0.1) is 24.0 Å². The van der Waals surface area contributed by atoms with Gasteiger partial charge in [0.2, 0.25) is 0 Å². The number of thiol groups is 1. The Labute approximate surface area is 85.8 Å². The summed E-state index contributed by atoms with van der Waals surface area (Å²) in [5, 5.41) is 2.89. The Kier molecular flexibility index (Phi) is 2.14. The fourth-order valence-corrected chi connectivity index (χ4v) is 2.76. The lowest BCUT2D eigenvalue weighted by molar-refractivity contribution is 0.112. The van der Waals surface area contributed by atoms with Crippen molar-refractivity contribution in [2.75, 3.05) is 0 Å². The molecule has 0 aliphatic carbocycles. The summed E-state index contributed by atoms with van der Waals surface area (Å²) in [4.78, 5) is 11.6. The number of carbonyl (C=O) groups is 1. The molecule has 2 aromatic rings. The predicted octanol–water partition coefficient (Wildman–Crippen LogP) is 3.31. The Bertz CT molecular complexity index is 471. The molecule has 0 aliphatic heterocycles. The maximum atomic E-state index is 10.7. The third-order valence-electron chi connectivity index (χ3n) is 1.96. The Balaban J connectivity index is 2.89. The van der Waals surface area contributed by atoms with Gasteiger partial charge in [0, 0.05) is 25.9 Å². The highest BCUT2D eigenvalue weighted by molar-refractivity contribution is 7.80. The van der Waals surface area contributed by atoms with E-state index in [4.69, 9.17) is 0 Å². The van der Waals surface area contributed by atoms with E-state index in [0.717, 1.165) is 32.4 Å². The molecule has 1 aromatic carbocycles. The molecule has 1 nitrogen and oxygen atoms in total. The van der Waals surface area contributed by atoms with Gasteiger partial charge in [0.05, 0.1) is 0 Å². The van der Waals surface area contributed by atoms with Gasteiger partial charge in [-0.1, -0.05) is 0 Å². The second kappa shape index (κ2) is 3.16. The summed E-state index contributed by atoms with van der Waals surface area (Å²) in [6.45, 7) is 2.01. The first-order valence-corrected chi connectivity index (χ1v) is 5.21. The van der Waals surface area contributed by atoms with Gasteiger partial charge < -0.3 is 0 Å². The summed E-state index contributed by atoms with van der Waals surface area (Å²) in [6.07, 6.45) is 0.894. The lowest BCUT2D eigenvalue weighted by Gasteiger charge is -1.97. The van der Waals surface area contributed by atoms with Crippen LogP contribution in [0.2, 0.25) is 0 Å². The number of thiophene rings is 1. The predicted molar refractivity (Wildman–Crippen MR) is 59.2 cm³/mol. The molecule has 0 N–H and O–H groups in total. The molecular weight excluding hydrogens is 200 g/mol. The topological polar surface area (TPSA) is 17.1 Å². The molecule has 1 heterocycles. The first-order chi connectivity index (χ1) is 6.22. The van der Waals surface area contributed by atoms with Crippen LogP contribution in [0.3, 0.4) is 0 Å². The summed E-state index contributed by atoms with van der Waals surface area (Å²) in [6, 6.07) is 4.03. The highest BCUT2D eigenvalue weighted by Gasteiger charge is 2.05. The minimum absolute atomic E-state index is 0.763. The number of aryl methyl sites for hydroxylation is 1. The highest BCUT2D eigenvalue weighted by Crippen LogP contribution is 2.31. The van der Waals surface area contributed by atoms with E-state index in [9.17, 15) is 4.79 Å². The summed E-state index contributed by atoms with van der Waals surface area (Å²) in [5.74, 6) is 0. The quantitative estimate of drug-likeness (QED) is 0.562. The Morgan fingerprint density at radius 3 is 2.92 bits per heavy atom. The first-order valence-electron chi connectivity index (χ1n) is 3.88. The van der Waals surface area contributed by atoms with E-state index < -0.39 is 0 Å². The van der Waals surface area contributed by atoms with Crippen molar-refractivity contribution in [3.8, 4) is 0 Å². The molecule has 0 atom stereocenters. The molecular formula is C10H8OS2. The third kappa shape index (κ3) is 1.38. The van der Waals surface area contributed by atoms with Crippen LogP contribution in [-0.4, -0.2) is 6.29 Å². The summed E-state index contributed by atoms with van der Waals surface area (Å²) < 4.78 is 1.09. The molecule has 0 unspecified atom stereocenters. The van der Waals surface area contributed by atoms with Crippen LogP contribution < -0.4 is 0 Å². The van der Waals surface area contributed by atoms with Crippen molar-refractivity contribution in [1.29, 1.82) is 0 Å². The van der Waals surface area contributed by atoms with Gasteiger partial charge in [-0.25, -0.2) is 0 Å². The number of aldehydes is 1. The smallest absolute Gasteiger partial charge is 0.151 e. The minimum Gasteiger partial charge on any atom is -0.298 e. The number of benzene rings is 1. The van der Waals surface area contributed by atoms with Crippen LogP contribution in [0.25, 0.3) is 10.1 Å². The summed E-state index contributed by atoms with van der Waals surface area (Å²) >= 11 is 5.93. The van der Waals surface area contributed by atoms with Gasteiger partial charge >= 0.3 is 0 Å². The fourth-order valence-electron chi connectivity index (χ4n) is 1.37. The molecule has 0 saturated heterocycles. The van der Waals surface area contributed by atoms with Crippen molar-refractivity contribution >= 4 is 40.3 Å². The molecule has 0 fully saturated rings. The van der Waals surface area contributed by atoms with E-state index in [0.29, 0.717) is 0 Å². The van der Waals surface area contributed by atoms with Crippen LogP contribution in [0.4, 0.5) is 0 Å². The third-order valence-corrected chi connectivity index (χ3v) is 3.51. The largest absolute Gasteiger partial charge is 0.298 e. The SMILES string of the molecule is Cc1cc(S)c2scc(C=O)c2c1. The molecule has 1 aromatic heterocycles. The van der Waals surface area contributed by atoms with Gasteiger partial charge in [-0.05, 0) is 24.6 Å². The molecule has 13 heavy (non-hydrogen) atoms. The van der Waals surface area contributed by atoms with Crippen LogP contribution >= 0.6 is 24.0 Å². The molecule has 0 amide bonds.